The number of methoxy groups -OCH3 is 4. The van der Waals surface area contributed by atoms with Gasteiger partial charge in [0.15, 0.2) is 11.5 Å². The standard InChI is InChI=1S/C29H30N2O5/c1-33-24-14-19(15-25(34-2)28(24)35-3)27-26-21(20-12-8-9-13-22(20)30-26)16-23(29(32)36-4)31(27)17-18-10-6-5-7-11-18/h5-15,23,27,30H,16-17H2,1-4H3/t23-,27+/m1/s1. The molecule has 0 unspecified atom stereocenters. The number of benzene rings is 3. The van der Waals surface area contributed by atoms with Gasteiger partial charge in [-0.25, -0.2) is 0 Å². The van der Waals surface area contributed by atoms with Crippen LogP contribution in [-0.4, -0.2) is 50.3 Å². The quantitative estimate of drug-likeness (QED) is 0.375. The molecule has 5 rings (SSSR count). The number of rotatable bonds is 7. The monoisotopic (exact) mass is 486 g/mol. The molecule has 0 spiro atoms. The van der Waals surface area contributed by atoms with Gasteiger partial charge in [-0.05, 0) is 34.9 Å². The predicted octanol–water partition coefficient (Wildman–Crippen LogP) is 4.88. The summed E-state index contributed by atoms with van der Waals surface area (Å²) >= 11 is 0. The molecular weight excluding hydrogens is 456 g/mol. The molecule has 0 saturated carbocycles. The van der Waals surface area contributed by atoms with Crippen LogP contribution in [0, 0.1) is 0 Å². The van der Waals surface area contributed by atoms with Gasteiger partial charge in [-0.3, -0.25) is 9.69 Å². The third-order valence-corrected chi connectivity index (χ3v) is 6.93. The molecule has 3 aromatic carbocycles. The Labute approximate surface area is 210 Å². The van der Waals surface area contributed by atoms with Crippen molar-refractivity contribution < 1.29 is 23.7 Å². The fourth-order valence-corrected chi connectivity index (χ4v) is 5.30. The van der Waals surface area contributed by atoms with Crippen molar-refractivity contribution in [1.29, 1.82) is 0 Å². The van der Waals surface area contributed by atoms with E-state index in [2.05, 4.69) is 34.1 Å². The van der Waals surface area contributed by atoms with Crippen LogP contribution in [0.5, 0.6) is 17.2 Å². The smallest absolute Gasteiger partial charge is 0.323 e. The Balaban J connectivity index is 1.76. The highest BCUT2D eigenvalue weighted by atomic mass is 16.5. The maximum absolute atomic E-state index is 13.2. The number of aromatic nitrogens is 1. The third-order valence-electron chi connectivity index (χ3n) is 6.93. The second-order valence-electron chi connectivity index (χ2n) is 8.83. The van der Waals surface area contributed by atoms with E-state index in [1.54, 1.807) is 21.3 Å². The first-order valence-corrected chi connectivity index (χ1v) is 11.9. The summed E-state index contributed by atoms with van der Waals surface area (Å²) in [4.78, 5) is 19.1. The number of ether oxygens (including phenoxy) is 4. The molecule has 36 heavy (non-hydrogen) atoms. The largest absolute Gasteiger partial charge is 0.493 e. The zero-order valence-electron chi connectivity index (χ0n) is 20.9. The Morgan fingerprint density at radius 3 is 2.22 bits per heavy atom. The number of esters is 1. The van der Waals surface area contributed by atoms with Crippen LogP contribution in [0.4, 0.5) is 0 Å². The summed E-state index contributed by atoms with van der Waals surface area (Å²) in [6.45, 7) is 0.552. The van der Waals surface area contributed by atoms with Crippen LogP contribution in [0.3, 0.4) is 0 Å². The van der Waals surface area contributed by atoms with Crippen LogP contribution in [-0.2, 0) is 22.5 Å². The molecule has 7 heteroatoms. The van der Waals surface area contributed by atoms with Gasteiger partial charge in [0.25, 0.3) is 0 Å². The second kappa shape index (κ2) is 9.95. The summed E-state index contributed by atoms with van der Waals surface area (Å²) in [6, 6.07) is 21.5. The average Bonchev–Trinajstić information content (AvgIpc) is 3.30. The molecule has 1 aliphatic heterocycles. The summed E-state index contributed by atoms with van der Waals surface area (Å²) in [7, 11) is 6.25. The van der Waals surface area contributed by atoms with Gasteiger partial charge >= 0.3 is 5.97 Å². The maximum atomic E-state index is 13.2. The zero-order chi connectivity index (χ0) is 25.2. The van der Waals surface area contributed by atoms with Gasteiger partial charge in [0.1, 0.15) is 6.04 Å². The summed E-state index contributed by atoms with van der Waals surface area (Å²) in [5.74, 6) is 1.38. The Bertz CT molecular complexity index is 1360. The van der Waals surface area contributed by atoms with E-state index in [0.29, 0.717) is 30.2 Å². The number of hydrogen-bond acceptors (Lipinski definition) is 6. The molecule has 0 amide bonds. The number of H-pyrrole nitrogens is 1. The number of hydrogen-bond donors (Lipinski definition) is 1. The Morgan fingerprint density at radius 2 is 1.58 bits per heavy atom. The summed E-state index contributed by atoms with van der Waals surface area (Å²) in [5, 5.41) is 1.11. The fraction of sp³-hybridized carbons (Fsp3) is 0.276. The molecule has 0 fully saturated rings. The minimum atomic E-state index is -0.481. The number of fused-ring (bicyclic) bond motifs is 3. The normalized spacial score (nSPS) is 17.4. The van der Waals surface area contributed by atoms with E-state index in [1.807, 2.05) is 42.5 Å². The van der Waals surface area contributed by atoms with Crippen molar-refractivity contribution in [2.45, 2.75) is 25.0 Å². The summed E-state index contributed by atoms with van der Waals surface area (Å²) in [5.41, 5.74) is 5.21. The molecule has 0 saturated heterocycles. The topological polar surface area (TPSA) is 73.0 Å². The van der Waals surface area contributed by atoms with Gasteiger partial charge < -0.3 is 23.9 Å². The van der Waals surface area contributed by atoms with Crippen LogP contribution in [0.2, 0.25) is 0 Å². The SMILES string of the molecule is COC(=O)[C@H]1Cc2c([nH]c3ccccc23)[C@H](c2cc(OC)c(OC)c(OC)c2)N1Cc1ccccc1. The van der Waals surface area contributed by atoms with Crippen LogP contribution in [0.25, 0.3) is 10.9 Å². The second-order valence-corrected chi connectivity index (χ2v) is 8.83. The molecule has 1 N–H and O–H groups in total. The number of carbonyl (C=O) groups is 1. The van der Waals surface area contributed by atoms with Crippen LogP contribution >= 0.6 is 0 Å². The van der Waals surface area contributed by atoms with E-state index in [9.17, 15) is 4.79 Å². The van der Waals surface area contributed by atoms with E-state index in [-0.39, 0.29) is 12.0 Å². The third kappa shape index (κ3) is 4.05. The van der Waals surface area contributed by atoms with Crippen molar-refractivity contribution in [3.63, 3.8) is 0 Å². The van der Waals surface area contributed by atoms with E-state index >= 15 is 0 Å². The van der Waals surface area contributed by atoms with E-state index in [1.165, 1.54) is 7.11 Å². The molecule has 0 radical (unpaired) electrons. The van der Waals surface area contributed by atoms with Gasteiger partial charge in [0.2, 0.25) is 5.75 Å². The number of nitrogens with zero attached hydrogens (tertiary/aromatic N) is 1. The first-order valence-electron chi connectivity index (χ1n) is 11.9. The van der Waals surface area contributed by atoms with Crippen molar-refractivity contribution >= 4 is 16.9 Å². The predicted molar refractivity (Wildman–Crippen MR) is 138 cm³/mol. The Kier molecular flexibility index (Phi) is 6.57. The van der Waals surface area contributed by atoms with Gasteiger partial charge in [0, 0.05) is 29.6 Å². The minimum Gasteiger partial charge on any atom is -0.493 e. The number of nitrogens with one attached hydrogen (secondary N) is 1. The molecule has 1 aromatic heterocycles. The Hall–Kier alpha value is -3.97. The van der Waals surface area contributed by atoms with Gasteiger partial charge in [-0.1, -0.05) is 48.5 Å². The van der Waals surface area contributed by atoms with E-state index < -0.39 is 6.04 Å². The average molecular weight is 487 g/mol. The van der Waals surface area contributed by atoms with Crippen LogP contribution in [0.1, 0.15) is 28.4 Å². The molecule has 186 valence electrons. The lowest BCUT2D eigenvalue weighted by molar-refractivity contribution is -0.148. The van der Waals surface area contributed by atoms with Gasteiger partial charge in [-0.15, -0.1) is 0 Å². The lowest BCUT2D eigenvalue weighted by Gasteiger charge is -2.41. The molecule has 4 aromatic rings. The fourth-order valence-electron chi connectivity index (χ4n) is 5.30. The summed E-state index contributed by atoms with van der Waals surface area (Å²) in [6.07, 6.45) is 0.541. The number of para-hydroxylation sites is 1. The molecule has 1 aliphatic rings. The first-order chi connectivity index (χ1) is 17.6. The first kappa shape index (κ1) is 23.8. The molecule has 2 atom stereocenters. The Morgan fingerprint density at radius 1 is 0.917 bits per heavy atom. The molecule has 0 bridgehead atoms. The van der Waals surface area contributed by atoms with E-state index in [0.717, 1.165) is 33.3 Å². The van der Waals surface area contributed by atoms with Crippen molar-refractivity contribution in [2.75, 3.05) is 28.4 Å². The minimum absolute atomic E-state index is 0.265. The van der Waals surface area contributed by atoms with Crippen LogP contribution < -0.4 is 14.2 Å². The zero-order valence-corrected chi connectivity index (χ0v) is 20.9. The lowest BCUT2D eigenvalue weighted by Crippen LogP contribution is -2.48. The highest BCUT2D eigenvalue weighted by Crippen LogP contribution is 2.46. The van der Waals surface area contributed by atoms with Crippen molar-refractivity contribution in [1.82, 2.24) is 9.88 Å². The van der Waals surface area contributed by atoms with Crippen molar-refractivity contribution in [3.8, 4) is 17.2 Å². The van der Waals surface area contributed by atoms with Crippen molar-refractivity contribution in [3.05, 3.63) is 89.1 Å². The van der Waals surface area contributed by atoms with Crippen molar-refractivity contribution in [2.24, 2.45) is 0 Å². The lowest BCUT2D eigenvalue weighted by atomic mass is 9.87. The van der Waals surface area contributed by atoms with E-state index in [4.69, 9.17) is 18.9 Å². The molecular formula is C29H30N2O5. The highest BCUT2D eigenvalue weighted by Gasteiger charge is 2.42. The van der Waals surface area contributed by atoms with Crippen LogP contribution in [0.15, 0.2) is 66.7 Å². The number of aromatic amines is 1. The number of carbonyl (C=O) groups excluding carboxylic acids is 1. The van der Waals surface area contributed by atoms with Gasteiger partial charge in [0.05, 0.1) is 34.5 Å². The maximum Gasteiger partial charge on any atom is 0.323 e. The molecule has 0 aliphatic carbocycles. The highest BCUT2D eigenvalue weighted by molar-refractivity contribution is 5.87. The van der Waals surface area contributed by atoms with Gasteiger partial charge in [-0.2, -0.15) is 0 Å². The molecule has 2 heterocycles. The molecule has 7 nitrogen and oxygen atoms in total. The summed E-state index contributed by atoms with van der Waals surface area (Å²) < 4.78 is 22.2.